The SMILES string of the molecule is CCOC(CCN1CCC(C)(CC)CC1)C(=O)O. The molecule has 0 radical (unpaired) electrons. The molecule has 1 aliphatic rings. The van der Waals surface area contributed by atoms with Gasteiger partial charge in [0, 0.05) is 13.2 Å². The molecule has 0 bridgehead atoms. The van der Waals surface area contributed by atoms with Gasteiger partial charge in [-0.25, -0.2) is 4.79 Å². The van der Waals surface area contributed by atoms with Crippen molar-refractivity contribution in [1.29, 1.82) is 0 Å². The molecule has 0 aromatic rings. The molecular formula is C14H27NO3. The number of hydrogen-bond donors (Lipinski definition) is 1. The van der Waals surface area contributed by atoms with Gasteiger partial charge in [0.05, 0.1) is 0 Å². The summed E-state index contributed by atoms with van der Waals surface area (Å²) >= 11 is 0. The van der Waals surface area contributed by atoms with E-state index in [2.05, 4.69) is 18.7 Å². The molecule has 106 valence electrons. The van der Waals surface area contributed by atoms with Crippen LogP contribution in [0.3, 0.4) is 0 Å². The molecule has 1 unspecified atom stereocenters. The third kappa shape index (κ3) is 4.58. The van der Waals surface area contributed by atoms with Crippen molar-refractivity contribution >= 4 is 5.97 Å². The Balaban J connectivity index is 2.30. The summed E-state index contributed by atoms with van der Waals surface area (Å²) in [5, 5.41) is 9.01. The van der Waals surface area contributed by atoms with Crippen LogP contribution in [0.4, 0.5) is 0 Å². The van der Waals surface area contributed by atoms with Gasteiger partial charge in [-0.2, -0.15) is 0 Å². The Bertz CT molecular complexity index is 260. The molecule has 4 heteroatoms. The maximum absolute atomic E-state index is 11.0. The van der Waals surface area contributed by atoms with Crippen LogP contribution < -0.4 is 0 Å². The highest BCUT2D eigenvalue weighted by Crippen LogP contribution is 2.33. The van der Waals surface area contributed by atoms with E-state index in [1.807, 2.05) is 6.92 Å². The van der Waals surface area contributed by atoms with Gasteiger partial charge in [-0.05, 0) is 44.7 Å². The Labute approximate surface area is 110 Å². The summed E-state index contributed by atoms with van der Waals surface area (Å²) in [6, 6.07) is 0. The molecule has 1 aliphatic heterocycles. The topological polar surface area (TPSA) is 49.8 Å². The Hall–Kier alpha value is -0.610. The lowest BCUT2D eigenvalue weighted by molar-refractivity contribution is -0.150. The third-order valence-corrected chi connectivity index (χ3v) is 4.27. The summed E-state index contributed by atoms with van der Waals surface area (Å²) in [6.45, 7) is 9.91. The molecular weight excluding hydrogens is 230 g/mol. The number of hydrogen-bond acceptors (Lipinski definition) is 3. The molecule has 0 saturated carbocycles. The highest BCUT2D eigenvalue weighted by Gasteiger charge is 2.28. The van der Waals surface area contributed by atoms with E-state index in [4.69, 9.17) is 9.84 Å². The van der Waals surface area contributed by atoms with Gasteiger partial charge in [0.25, 0.3) is 0 Å². The molecule has 0 aliphatic carbocycles. The summed E-state index contributed by atoms with van der Waals surface area (Å²) in [7, 11) is 0. The number of carboxylic acids is 1. The second kappa shape index (κ2) is 7.10. The van der Waals surface area contributed by atoms with Crippen molar-refractivity contribution in [2.75, 3.05) is 26.2 Å². The van der Waals surface area contributed by atoms with Gasteiger partial charge >= 0.3 is 5.97 Å². The van der Waals surface area contributed by atoms with Gasteiger partial charge in [-0.1, -0.05) is 20.3 Å². The normalized spacial score (nSPS) is 21.7. The van der Waals surface area contributed by atoms with Crippen molar-refractivity contribution in [3.8, 4) is 0 Å². The highest BCUT2D eigenvalue weighted by molar-refractivity contribution is 5.72. The molecule has 1 N–H and O–H groups in total. The first-order valence-corrected chi connectivity index (χ1v) is 7.07. The number of rotatable bonds is 7. The fourth-order valence-electron chi connectivity index (χ4n) is 2.45. The van der Waals surface area contributed by atoms with Gasteiger partial charge in [-0.3, -0.25) is 0 Å². The summed E-state index contributed by atoms with van der Waals surface area (Å²) in [5.74, 6) is -0.841. The lowest BCUT2D eigenvalue weighted by Crippen LogP contribution is -2.40. The second-order valence-corrected chi connectivity index (χ2v) is 5.58. The van der Waals surface area contributed by atoms with Crippen molar-refractivity contribution in [3.05, 3.63) is 0 Å². The zero-order valence-corrected chi connectivity index (χ0v) is 11.9. The molecule has 0 spiro atoms. The smallest absolute Gasteiger partial charge is 0.332 e. The van der Waals surface area contributed by atoms with E-state index in [0.29, 0.717) is 18.4 Å². The van der Waals surface area contributed by atoms with Crippen LogP contribution in [0.1, 0.15) is 46.5 Å². The first-order valence-electron chi connectivity index (χ1n) is 7.07. The van der Waals surface area contributed by atoms with Crippen LogP contribution in [-0.4, -0.2) is 48.3 Å². The Kier molecular flexibility index (Phi) is 6.09. The minimum Gasteiger partial charge on any atom is -0.479 e. The van der Waals surface area contributed by atoms with Crippen molar-refractivity contribution in [2.45, 2.75) is 52.6 Å². The van der Waals surface area contributed by atoms with Crippen molar-refractivity contribution < 1.29 is 14.6 Å². The van der Waals surface area contributed by atoms with Gasteiger partial charge in [0.1, 0.15) is 0 Å². The predicted molar refractivity (Wildman–Crippen MR) is 71.7 cm³/mol. The van der Waals surface area contributed by atoms with Crippen LogP contribution in [0.2, 0.25) is 0 Å². The number of ether oxygens (including phenoxy) is 1. The van der Waals surface area contributed by atoms with E-state index in [9.17, 15) is 4.79 Å². The molecule has 1 saturated heterocycles. The minimum atomic E-state index is -0.841. The molecule has 1 rings (SSSR count). The predicted octanol–water partition coefficient (Wildman–Crippen LogP) is 2.38. The molecule has 18 heavy (non-hydrogen) atoms. The second-order valence-electron chi connectivity index (χ2n) is 5.58. The van der Waals surface area contributed by atoms with E-state index in [0.717, 1.165) is 19.6 Å². The number of likely N-dealkylation sites (tertiary alicyclic amines) is 1. The molecule has 0 amide bonds. The van der Waals surface area contributed by atoms with Gasteiger partial charge < -0.3 is 14.7 Å². The Morgan fingerprint density at radius 3 is 2.44 bits per heavy atom. The van der Waals surface area contributed by atoms with E-state index in [1.54, 1.807) is 0 Å². The highest BCUT2D eigenvalue weighted by atomic mass is 16.5. The maximum Gasteiger partial charge on any atom is 0.332 e. The van der Waals surface area contributed by atoms with Crippen molar-refractivity contribution in [3.63, 3.8) is 0 Å². The van der Waals surface area contributed by atoms with E-state index in [1.165, 1.54) is 19.3 Å². The summed E-state index contributed by atoms with van der Waals surface area (Å²) in [5.41, 5.74) is 0.489. The van der Waals surface area contributed by atoms with E-state index in [-0.39, 0.29) is 0 Å². The number of nitrogens with zero attached hydrogens (tertiary/aromatic N) is 1. The van der Waals surface area contributed by atoms with E-state index >= 15 is 0 Å². The quantitative estimate of drug-likeness (QED) is 0.760. The van der Waals surface area contributed by atoms with Crippen LogP contribution in [0.15, 0.2) is 0 Å². The van der Waals surface area contributed by atoms with Gasteiger partial charge in [0.2, 0.25) is 0 Å². The number of carbonyl (C=O) groups is 1. The zero-order valence-electron chi connectivity index (χ0n) is 11.9. The lowest BCUT2D eigenvalue weighted by atomic mass is 9.78. The number of carboxylic acid groups (broad SMARTS) is 1. The fourth-order valence-corrected chi connectivity index (χ4v) is 2.45. The largest absolute Gasteiger partial charge is 0.479 e. The maximum atomic E-state index is 11.0. The first kappa shape index (κ1) is 15.4. The van der Waals surface area contributed by atoms with Crippen LogP contribution in [-0.2, 0) is 9.53 Å². The standard InChI is InChI=1S/C14H27NO3/c1-4-14(3)7-10-15(11-8-14)9-6-12(13(16)17)18-5-2/h12H,4-11H2,1-3H3,(H,16,17). The van der Waals surface area contributed by atoms with Gasteiger partial charge in [0.15, 0.2) is 6.10 Å². The van der Waals surface area contributed by atoms with Crippen LogP contribution in [0.25, 0.3) is 0 Å². The molecule has 4 nitrogen and oxygen atoms in total. The summed E-state index contributed by atoms with van der Waals surface area (Å²) < 4.78 is 5.23. The van der Waals surface area contributed by atoms with Crippen LogP contribution in [0.5, 0.6) is 0 Å². The first-order chi connectivity index (χ1) is 8.50. The Morgan fingerprint density at radius 1 is 1.39 bits per heavy atom. The fraction of sp³-hybridized carbons (Fsp3) is 0.929. The zero-order chi connectivity index (χ0) is 13.6. The summed E-state index contributed by atoms with van der Waals surface area (Å²) in [6.07, 6.45) is 3.62. The van der Waals surface area contributed by atoms with Crippen LogP contribution in [0, 0.1) is 5.41 Å². The average molecular weight is 257 g/mol. The van der Waals surface area contributed by atoms with E-state index < -0.39 is 12.1 Å². The molecule has 0 aromatic carbocycles. The average Bonchev–Trinajstić information content (AvgIpc) is 2.36. The number of aliphatic carboxylic acids is 1. The Morgan fingerprint density at radius 2 is 2.00 bits per heavy atom. The molecule has 1 atom stereocenters. The van der Waals surface area contributed by atoms with Crippen LogP contribution >= 0.6 is 0 Å². The summed E-state index contributed by atoms with van der Waals surface area (Å²) in [4.78, 5) is 13.3. The molecule has 1 heterocycles. The number of piperidine rings is 1. The third-order valence-electron chi connectivity index (χ3n) is 4.27. The minimum absolute atomic E-state index is 0.463. The van der Waals surface area contributed by atoms with Crippen molar-refractivity contribution in [1.82, 2.24) is 4.90 Å². The molecule has 0 aromatic heterocycles. The lowest BCUT2D eigenvalue weighted by Gasteiger charge is -2.39. The van der Waals surface area contributed by atoms with Gasteiger partial charge in [-0.15, -0.1) is 0 Å². The molecule has 1 fully saturated rings. The van der Waals surface area contributed by atoms with Crippen molar-refractivity contribution in [2.24, 2.45) is 5.41 Å². The monoisotopic (exact) mass is 257 g/mol.